The second-order valence-corrected chi connectivity index (χ2v) is 8.35. The van der Waals surface area contributed by atoms with Gasteiger partial charge in [0.2, 0.25) is 5.91 Å². The minimum Gasteiger partial charge on any atom is -0.326 e. The number of carbonyl (C=O) groups is 2. The molecular weight excluding hydrogens is 410 g/mol. The SMILES string of the molecule is O=C(Cc1csc(-c2ccccn2)n1)Nc1ccc(NC(=O)N2CCCCCC2)cc1. The monoisotopic (exact) mass is 435 g/mol. The van der Waals surface area contributed by atoms with Crippen molar-refractivity contribution in [2.75, 3.05) is 23.7 Å². The number of carbonyl (C=O) groups excluding carboxylic acids is 2. The number of pyridine rings is 1. The van der Waals surface area contributed by atoms with E-state index in [-0.39, 0.29) is 18.4 Å². The first-order chi connectivity index (χ1) is 15.2. The largest absolute Gasteiger partial charge is 0.326 e. The van der Waals surface area contributed by atoms with Gasteiger partial charge in [0.15, 0.2) is 0 Å². The fraction of sp³-hybridized carbons (Fsp3) is 0.304. The summed E-state index contributed by atoms with van der Waals surface area (Å²) < 4.78 is 0. The number of urea groups is 1. The molecule has 1 aromatic carbocycles. The quantitative estimate of drug-likeness (QED) is 0.603. The van der Waals surface area contributed by atoms with E-state index in [1.807, 2.05) is 28.5 Å². The van der Waals surface area contributed by atoms with Gasteiger partial charge in [-0.25, -0.2) is 9.78 Å². The van der Waals surface area contributed by atoms with Crippen molar-refractivity contribution in [3.05, 3.63) is 59.7 Å². The Labute approximate surface area is 185 Å². The Morgan fingerprint density at radius 3 is 2.32 bits per heavy atom. The van der Waals surface area contributed by atoms with E-state index >= 15 is 0 Å². The Balaban J connectivity index is 1.29. The van der Waals surface area contributed by atoms with E-state index < -0.39 is 0 Å². The van der Waals surface area contributed by atoms with E-state index in [2.05, 4.69) is 20.6 Å². The molecule has 0 bridgehead atoms. The van der Waals surface area contributed by atoms with Gasteiger partial charge < -0.3 is 15.5 Å². The van der Waals surface area contributed by atoms with Crippen LogP contribution in [0, 0.1) is 0 Å². The molecule has 0 radical (unpaired) electrons. The van der Waals surface area contributed by atoms with Crippen LogP contribution in [0.3, 0.4) is 0 Å². The van der Waals surface area contributed by atoms with Crippen molar-refractivity contribution in [2.45, 2.75) is 32.1 Å². The second kappa shape index (κ2) is 10.2. The lowest BCUT2D eigenvalue weighted by Gasteiger charge is -2.20. The highest BCUT2D eigenvalue weighted by molar-refractivity contribution is 7.13. The number of benzene rings is 1. The average Bonchev–Trinajstić information content (AvgIpc) is 3.07. The van der Waals surface area contributed by atoms with Gasteiger partial charge in [0.05, 0.1) is 17.8 Å². The molecule has 0 saturated carbocycles. The molecule has 1 fully saturated rings. The molecule has 8 heteroatoms. The van der Waals surface area contributed by atoms with Gasteiger partial charge in [0, 0.05) is 36.0 Å². The number of aromatic nitrogens is 2. The Morgan fingerprint density at radius 2 is 1.65 bits per heavy atom. The van der Waals surface area contributed by atoms with E-state index in [9.17, 15) is 9.59 Å². The lowest BCUT2D eigenvalue weighted by Crippen LogP contribution is -2.35. The summed E-state index contributed by atoms with van der Waals surface area (Å²) >= 11 is 1.47. The molecule has 3 heterocycles. The van der Waals surface area contributed by atoms with E-state index in [1.54, 1.807) is 30.5 Å². The smallest absolute Gasteiger partial charge is 0.321 e. The number of nitrogens with zero attached hydrogens (tertiary/aromatic N) is 3. The predicted octanol–water partition coefficient (Wildman–Crippen LogP) is 4.79. The molecule has 31 heavy (non-hydrogen) atoms. The van der Waals surface area contributed by atoms with Crippen LogP contribution in [-0.2, 0) is 11.2 Å². The van der Waals surface area contributed by atoms with Crippen molar-refractivity contribution < 1.29 is 9.59 Å². The zero-order chi connectivity index (χ0) is 21.5. The van der Waals surface area contributed by atoms with Gasteiger partial charge in [-0.05, 0) is 49.2 Å². The van der Waals surface area contributed by atoms with Gasteiger partial charge in [-0.1, -0.05) is 18.9 Å². The Morgan fingerprint density at radius 1 is 0.935 bits per heavy atom. The summed E-state index contributed by atoms with van der Waals surface area (Å²) in [6.07, 6.45) is 6.40. The first kappa shape index (κ1) is 21.0. The van der Waals surface area contributed by atoms with E-state index in [4.69, 9.17) is 0 Å². The van der Waals surface area contributed by atoms with Crippen molar-refractivity contribution in [3.63, 3.8) is 0 Å². The summed E-state index contributed by atoms with van der Waals surface area (Å²) in [4.78, 5) is 35.5. The van der Waals surface area contributed by atoms with Crippen molar-refractivity contribution in [3.8, 4) is 10.7 Å². The summed E-state index contributed by atoms with van der Waals surface area (Å²) in [5.41, 5.74) is 2.91. The van der Waals surface area contributed by atoms with Crippen molar-refractivity contribution in [2.24, 2.45) is 0 Å². The number of anilines is 2. The van der Waals surface area contributed by atoms with Gasteiger partial charge in [-0.3, -0.25) is 9.78 Å². The number of amides is 3. The summed E-state index contributed by atoms with van der Waals surface area (Å²) in [7, 11) is 0. The number of hydrogen-bond acceptors (Lipinski definition) is 5. The van der Waals surface area contributed by atoms with Crippen LogP contribution >= 0.6 is 11.3 Å². The number of thiazole rings is 1. The minimum absolute atomic E-state index is 0.0640. The zero-order valence-corrected chi connectivity index (χ0v) is 18.0. The fourth-order valence-corrected chi connectivity index (χ4v) is 4.27. The maximum Gasteiger partial charge on any atom is 0.321 e. The second-order valence-electron chi connectivity index (χ2n) is 7.49. The third kappa shape index (κ3) is 5.88. The lowest BCUT2D eigenvalue weighted by atomic mass is 10.2. The van der Waals surface area contributed by atoms with Crippen LogP contribution in [0.4, 0.5) is 16.2 Å². The number of nitrogens with one attached hydrogen (secondary N) is 2. The molecular formula is C23H25N5O2S. The number of likely N-dealkylation sites (tertiary alicyclic amines) is 1. The molecule has 3 amide bonds. The molecule has 0 aliphatic carbocycles. The van der Waals surface area contributed by atoms with Gasteiger partial charge in [-0.15, -0.1) is 11.3 Å². The zero-order valence-electron chi connectivity index (χ0n) is 17.2. The first-order valence-electron chi connectivity index (χ1n) is 10.5. The van der Waals surface area contributed by atoms with Crippen LogP contribution in [0.25, 0.3) is 10.7 Å². The molecule has 0 spiro atoms. The van der Waals surface area contributed by atoms with E-state index in [0.717, 1.165) is 36.6 Å². The molecule has 0 unspecified atom stereocenters. The van der Waals surface area contributed by atoms with Crippen molar-refractivity contribution in [1.82, 2.24) is 14.9 Å². The Kier molecular flexibility index (Phi) is 6.89. The van der Waals surface area contributed by atoms with Gasteiger partial charge in [-0.2, -0.15) is 0 Å². The average molecular weight is 436 g/mol. The van der Waals surface area contributed by atoms with Crippen LogP contribution in [0.2, 0.25) is 0 Å². The molecule has 2 N–H and O–H groups in total. The van der Waals surface area contributed by atoms with Crippen LogP contribution in [0.5, 0.6) is 0 Å². The molecule has 1 aliphatic rings. The van der Waals surface area contributed by atoms with Crippen LogP contribution in [0.1, 0.15) is 31.4 Å². The molecule has 1 saturated heterocycles. The number of rotatable bonds is 5. The molecule has 1 aliphatic heterocycles. The van der Waals surface area contributed by atoms with Crippen molar-refractivity contribution >= 4 is 34.6 Å². The summed E-state index contributed by atoms with van der Waals surface area (Å²) in [5, 5.41) is 8.50. The fourth-order valence-electron chi connectivity index (χ4n) is 3.48. The molecule has 2 aromatic heterocycles. The topological polar surface area (TPSA) is 87.2 Å². The highest BCUT2D eigenvalue weighted by atomic mass is 32.1. The first-order valence-corrected chi connectivity index (χ1v) is 11.4. The normalized spacial score (nSPS) is 14.0. The molecule has 0 atom stereocenters. The van der Waals surface area contributed by atoms with Crippen LogP contribution < -0.4 is 10.6 Å². The summed E-state index contributed by atoms with van der Waals surface area (Å²) in [6, 6.07) is 12.8. The lowest BCUT2D eigenvalue weighted by molar-refractivity contribution is -0.115. The van der Waals surface area contributed by atoms with Gasteiger partial charge >= 0.3 is 6.03 Å². The molecule has 3 aromatic rings. The van der Waals surface area contributed by atoms with E-state index in [1.165, 1.54) is 24.2 Å². The summed E-state index contributed by atoms with van der Waals surface area (Å²) in [5.74, 6) is -0.140. The van der Waals surface area contributed by atoms with Crippen LogP contribution in [-0.4, -0.2) is 39.9 Å². The molecule has 4 rings (SSSR count). The van der Waals surface area contributed by atoms with Crippen LogP contribution in [0.15, 0.2) is 54.0 Å². The third-order valence-corrected chi connectivity index (χ3v) is 6.00. The Hall–Kier alpha value is -3.26. The maximum atomic E-state index is 12.4. The predicted molar refractivity (Wildman–Crippen MR) is 123 cm³/mol. The molecule has 160 valence electrons. The highest BCUT2D eigenvalue weighted by Crippen LogP contribution is 2.22. The standard InChI is InChI=1S/C23H25N5O2S/c29-21(15-19-16-31-22(26-19)20-7-3-4-12-24-20)25-17-8-10-18(11-9-17)27-23(30)28-13-5-1-2-6-14-28/h3-4,7-12,16H,1-2,5-6,13-15H2,(H,25,29)(H,27,30). The highest BCUT2D eigenvalue weighted by Gasteiger charge is 2.15. The van der Waals surface area contributed by atoms with Gasteiger partial charge in [0.25, 0.3) is 0 Å². The molecule has 7 nitrogen and oxygen atoms in total. The van der Waals surface area contributed by atoms with E-state index in [0.29, 0.717) is 17.1 Å². The summed E-state index contributed by atoms with van der Waals surface area (Å²) in [6.45, 7) is 1.61. The van der Waals surface area contributed by atoms with Gasteiger partial charge in [0.1, 0.15) is 5.01 Å². The maximum absolute atomic E-state index is 12.4. The minimum atomic E-state index is -0.140. The Bertz CT molecular complexity index is 1010. The van der Waals surface area contributed by atoms with Crippen molar-refractivity contribution in [1.29, 1.82) is 0 Å². The number of hydrogen-bond donors (Lipinski definition) is 2. The third-order valence-electron chi connectivity index (χ3n) is 5.09.